The third kappa shape index (κ3) is 3.64. The number of fused-ring (bicyclic) bond motifs is 5. The topological polar surface area (TPSA) is 95.6 Å². The Morgan fingerprint density at radius 2 is 1.86 bits per heavy atom. The van der Waals surface area contributed by atoms with Gasteiger partial charge in [0, 0.05) is 6.04 Å². The minimum absolute atomic E-state index is 0. The third-order valence-corrected chi connectivity index (χ3v) is 9.82. The second-order valence-electron chi connectivity index (χ2n) is 11.0. The van der Waals surface area contributed by atoms with Crippen LogP contribution in [-0.4, -0.2) is 40.9 Å². The van der Waals surface area contributed by atoms with E-state index < -0.39 is 0 Å². The predicted octanol–water partition coefficient (Wildman–Crippen LogP) is 2.86. The van der Waals surface area contributed by atoms with Gasteiger partial charge in [0.15, 0.2) is 0 Å². The largest absolute Gasteiger partial charge is 0.393 e. The average molecular weight is 429 g/mol. The van der Waals surface area contributed by atoms with Crippen molar-refractivity contribution in [2.75, 3.05) is 6.54 Å². The number of hydrogen-bond donors (Lipinski definition) is 4. The number of aliphatic hydroxyl groups is 2. The van der Waals surface area contributed by atoms with Crippen molar-refractivity contribution in [3.63, 3.8) is 0 Å². The summed E-state index contributed by atoms with van der Waals surface area (Å²) in [4.78, 5) is 11.9. The Kier molecular flexibility index (Phi) is 6.66. The second-order valence-corrected chi connectivity index (χ2v) is 11.0. The van der Waals surface area contributed by atoms with Crippen LogP contribution in [0.5, 0.6) is 0 Å². The Hall–Kier alpha value is -0.360. The maximum absolute atomic E-state index is 11.9. The first-order chi connectivity index (χ1) is 13.2. The minimum atomic E-state index is -0.271. The van der Waals surface area contributed by atoms with E-state index in [2.05, 4.69) is 26.1 Å². The van der Waals surface area contributed by atoms with E-state index in [1.165, 1.54) is 19.3 Å². The summed E-state index contributed by atoms with van der Waals surface area (Å²) in [5.74, 6) is 2.45. The summed E-state index contributed by atoms with van der Waals surface area (Å²) in [6.07, 6.45) is 7.99. The highest BCUT2D eigenvalue weighted by atomic mass is 35.5. The molecule has 0 spiro atoms. The summed E-state index contributed by atoms with van der Waals surface area (Å²) in [7, 11) is 0. The quantitative estimate of drug-likeness (QED) is 0.555. The van der Waals surface area contributed by atoms with Gasteiger partial charge < -0.3 is 21.3 Å². The number of carbonyl (C=O) groups is 1. The highest BCUT2D eigenvalue weighted by Gasteiger charge is 2.63. The molecule has 0 heterocycles. The normalized spacial score (nSPS) is 49.8. The van der Waals surface area contributed by atoms with Crippen LogP contribution >= 0.6 is 12.4 Å². The highest BCUT2D eigenvalue weighted by molar-refractivity contribution is 5.85. The molecule has 4 fully saturated rings. The van der Waals surface area contributed by atoms with Crippen LogP contribution in [0.2, 0.25) is 0 Å². The molecule has 29 heavy (non-hydrogen) atoms. The lowest BCUT2D eigenvalue weighted by Gasteiger charge is -2.62. The lowest BCUT2D eigenvalue weighted by molar-refractivity contribution is -0.178. The monoisotopic (exact) mass is 428 g/mol. The molecule has 0 aromatic rings. The fourth-order valence-corrected chi connectivity index (χ4v) is 8.63. The highest BCUT2D eigenvalue weighted by Crippen LogP contribution is 2.67. The van der Waals surface area contributed by atoms with Crippen molar-refractivity contribution in [2.24, 2.45) is 46.2 Å². The van der Waals surface area contributed by atoms with Crippen molar-refractivity contribution in [3.8, 4) is 0 Å². The average Bonchev–Trinajstić information content (AvgIpc) is 2.98. The molecule has 4 aliphatic rings. The van der Waals surface area contributed by atoms with Crippen LogP contribution in [0, 0.1) is 40.4 Å². The molecule has 0 saturated heterocycles. The lowest BCUT2D eigenvalue weighted by atomic mass is 9.43. The van der Waals surface area contributed by atoms with Gasteiger partial charge in [0.05, 0.1) is 18.8 Å². The molecule has 0 aromatic heterocycles. The van der Waals surface area contributed by atoms with Crippen molar-refractivity contribution in [1.82, 2.24) is 5.32 Å². The van der Waals surface area contributed by atoms with E-state index in [9.17, 15) is 15.0 Å². The fraction of sp³-hybridized carbons (Fsp3) is 0.957. The molecule has 6 heteroatoms. The first-order valence-corrected chi connectivity index (χ1v) is 11.6. The van der Waals surface area contributed by atoms with Gasteiger partial charge in [-0.2, -0.15) is 0 Å². The molecule has 10 atom stereocenters. The van der Waals surface area contributed by atoms with E-state index >= 15 is 0 Å². The summed E-state index contributed by atoms with van der Waals surface area (Å²) < 4.78 is 0. The zero-order chi connectivity index (χ0) is 20.3. The second kappa shape index (κ2) is 8.29. The number of amides is 1. The fourth-order valence-electron chi connectivity index (χ4n) is 8.63. The van der Waals surface area contributed by atoms with Gasteiger partial charge in [0.25, 0.3) is 0 Å². The van der Waals surface area contributed by atoms with Gasteiger partial charge in [-0.1, -0.05) is 13.8 Å². The summed E-state index contributed by atoms with van der Waals surface area (Å²) in [6.45, 7) is 6.93. The van der Waals surface area contributed by atoms with E-state index in [-0.39, 0.29) is 53.9 Å². The molecular formula is C23H41ClN2O3. The first-order valence-electron chi connectivity index (χ1n) is 11.6. The van der Waals surface area contributed by atoms with Crippen LogP contribution in [0.1, 0.15) is 72.1 Å². The van der Waals surface area contributed by atoms with E-state index in [1.807, 2.05) is 0 Å². The molecule has 4 rings (SSSR count). The Morgan fingerprint density at radius 3 is 2.55 bits per heavy atom. The Bertz CT molecular complexity index is 619. The number of nitrogens with two attached hydrogens (primary N) is 1. The van der Waals surface area contributed by atoms with Crippen LogP contribution in [0.3, 0.4) is 0 Å². The molecule has 0 radical (unpaired) electrons. The molecule has 0 aromatic carbocycles. The molecule has 4 unspecified atom stereocenters. The van der Waals surface area contributed by atoms with E-state index in [1.54, 1.807) is 0 Å². The van der Waals surface area contributed by atoms with Crippen LogP contribution < -0.4 is 11.1 Å². The lowest BCUT2D eigenvalue weighted by Crippen LogP contribution is -2.60. The number of aliphatic hydroxyl groups excluding tert-OH is 2. The van der Waals surface area contributed by atoms with Gasteiger partial charge in [0.2, 0.25) is 5.91 Å². The van der Waals surface area contributed by atoms with Crippen molar-refractivity contribution >= 4 is 18.3 Å². The number of hydrogen-bond acceptors (Lipinski definition) is 4. The van der Waals surface area contributed by atoms with E-state index in [0.717, 1.165) is 32.1 Å². The molecule has 1 amide bonds. The van der Waals surface area contributed by atoms with E-state index in [4.69, 9.17) is 5.73 Å². The van der Waals surface area contributed by atoms with E-state index in [0.29, 0.717) is 29.6 Å². The zero-order valence-electron chi connectivity index (χ0n) is 18.3. The number of halogens is 1. The Morgan fingerprint density at radius 1 is 1.14 bits per heavy atom. The third-order valence-electron chi connectivity index (χ3n) is 9.82. The Labute approximate surface area is 182 Å². The van der Waals surface area contributed by atoms with Crippen molar-refractivity contribution in [2.45, 2.75) is 90.4 Å². The summed E-state index contributed by atoms with van der Waals surface area (Å²) in [5.41, 5.74) is 5.76. The number of rotatable bonds is 3. The van der Waals surface area contributed by atoms with Gasteiger partial charge in [0.1, 0.15) is 0 Å². The summed E-state index contributed by atoms with van der Waals surface area (Å²) in [5, 5.41) is 24.7. The van der Waals surface area contributed by atoms with Crippen LogP contribution in [-0.2, 0) is 4.79 Å². The Balaban J connectivity index is 0.00000240. The molecule has 5 nitrogen and oxygen atoms in total. The molecule has 0 aliphatic heterocycles. The first kappa shape index (κ1) is 23.3. The van der Waals surface area contributed by atoms with Crippen LogP contribution in [0.4, 0.5) is 0 Å². The van der Waals surface area contributed by atoms with Gasteiger partial charge in [-0.05, 0) is 98.7 Å². The van der Waals surface area contributed by atoms with Crippen molar-refractivity contribution < 1.29 is 15.0 Å². The molecule has 168 valence electrons. The minimum Gasteiger partial charge on any atom is -0.393 e. The smallest absolute Gasteiger partial charge is 0.233 e. The molecular weight excluding hydrogens is 388 g/mol. The summed E-state index contributed by atoms with van der Waals surface area (Å²) in [6, 6.07) is 0.103. The molecule has 4 aliphatic carbocycles. The van der Waals surface area contributed by atoms with Gasteiger partial charge in [-0.25, -0.2) is 0 Å². The maximum Gasteiger partial charge on any atom is 0.233 e. The SMILES string of the molecule is C[C@H](NC(=O)CN)[C@H]1CCC2C3CCC4C[C@@H](O)CC[C@]4(C)C3[C@@H](O)C[C@@]21C.Cl. The molecule has 5 N–H and O–H groups in total. The van der Waals surface area contributed by atoms with Gasteiger partial charge in [-0.15, -0.1) is 12.4 Å². The van der Waals surface area contributed by atoms with Gasteiger partial charge in [-0.3, -0.25) is 4.79 Å². The molecule has 0 bridgehead atoms. The van der Waals surface area contributed by atoms with Crippen LogP contribution in [0.25, 0.3) is 0 Å². The van der Waals surface area contributed by atoms with Crippen molar-refractivity contribution in [3.05, 3.63) is 0 Å². The van der Waals surface area contributed by atoms with Gasteiger partial charge >= 0.3 is 0 Å². The maximum atomic E-state index is 11.9. The molecule has 4 saturated carbocycles. The predicted molar refractivity (Wildman–Crippen MR) is 117 cm³/mol. The van der Waals surface area contributed by atoms with Crippen LogP contribution in [0.15, 0.2) is 0 Å². The number of nitrogens with one attached hydrogen (secondary N) is 1. The standard InChI is InChI=1S/C23H40N2O3.ClH/c1-13(25-20(28)12-24)17-6-7-18-16-5-4-14-10-15(26)8-9-22(14,2)21(16)19(27)11-23(17,18)3;/h13-19,21,26-27H,4-12,24H2,1-3H3,(H,25,28);1H/t13-,14?,15-,16?,17+,18?,19-,21?,22-,23+;/m0./s1. The zero-order valence-corrected chi connectivity index (χ0v) is 19.1. The van der Waals surface area contributed by atoms with Crippen molar-refractivity contribution in [1.29, 1.82) is 0 Å². The number of carbonyl (C=O) groups excluding carboxylic acids is 1. The summed E-state index contributed by atoms with van der Waals surface area (Å²) >= 11 is 0.